The Morgan fingerprint density at radius 1 is 1.39 bits per heavy atom. The van der Waals surface area contributed by atoms with Crippen LogP contribution in [0.25, 0.3) is 0 Å². The molecule has 0 aromatic carbocycles. The van der Waals surface area contributed by atoms with Crippen molar-refractivity contribution in [2.75, 3.05) is 26.2 Å². The molecule has 2 aliphatic heterocycles. The average Bonchev–Trinajstić information content (AvgIpc) is 2.69. The summed E-state index contributed by atoms with van der Waals surface area (Å²) in [6.45, 7) is 6.06. The van der Waals surface area contributed by atoms with Gasteiger partial charge in [0.05, 0.1) is 12.5 Å². The van der Waals surface area contributed by atoms with E-state index in [1.807, 2.05) is 0 Å². The third-order valence-electron chi connectivity index (χ3n) is 3.79. The Hall–Kier alpha value is -0.940. The topological polar surface area (TPSA) is 61.4 Å². The summed E-state index contributed by atoms with van der Waals surface area (Å²) in [5, 5.41) is 5.81. The molecular weight excluding hydrogens is 230 g/mol. The van der Waals surface area contributed by atoms with Crippen LogP contribution in [-0.2, 0) is 9.59 Å². The Morgan fingerprint density at radius 3 is 2.78 bits per heavy atom. The van der Waals surface area contributed by atoms with Crippen LogP contribution in [0.1, 0.15) is 32.6 Å². The first-order valence-electron chi connectivity index (χ1n) is 6.99. The van der Waals surface area contributed by atoms with Gasteiger partial charge in [0.15, 0.2) is 0 Å². The third-order valence-corrected chi connectivity index (χ3v) is 3.79. The van der Waals surface area contributed by atoms with Crippen LogP contribution in [0.3, 0.4) is 0 Å². The Balaban J connectivity index is 1.94. The van der Waals surface area contributed by atoms with E-state index in [1.54, 1.807) is 0 Å². The molecule has 5 nitrogen and oxygen atoms in total. The van der Waals surface area contributed by atoms with Gasteiger partial charge >= 0.3 is 0 Å². The van der Waals surface area contributed by atoms with Gasteiger partial charge in [-0.1, -0.05) is 6.92 Å². The molecular formula is C13H23N3O2. The van der Waals surface area contributed by atoms with Gasteiger partial charge in [-0.3, -0.25) is 19.8 Å². The summed E-state index contributed by atoms with van der Waals surface area (Å²) in [5.74, 6) is 0.360. The lowest BCUT2D eigenvalue weighted by molar-refractivity contribution is -0.126. The molecule has 2 unspecified atom stereocenters. The summed E-state index contributed by atoms with van der Waals surface area (Å²) in [5.41, 5.74) is 0. The van der Waals surface area contributed by atoms with Gasteiger partial charge in [-0.05, 0) is 44.8 Å². The maximum atomic E-state index is 11.8. The second kappa shape index (κ2) is 6.29. The molecule has 2 N–H and O–H groups in total. The van der Waals surface area contributed by atoms with Gasteiger partial charge in [0.2, 0.25) is 11.8 Å². The van der Waals surface area contributed by atoms with Crippen molar-refractivity contribution in [3.05, 3.63) is 0 Å². The fourth-order valence-corrected chi connectivity index (χ4v) is 2.91. The molecule has 0 saturated carbocycles. The van der Waals surface area contributed by atoms with Gasteiger partial charge in [0, 0.05) is 6.54 Å². The smallest absolute Gasteiger partial charge is 0.244 e. The van der Waals surface area contributed by atoms with E-state index < -0.39 is 0 Å². The van der Waals surface area contributed by atoms with Crippen LogP contribution in [-0.4, -0.2) is 48.9 Å². The molecule has 2 aliphatic rings. The van der Waals surface area contributed by atoms with E-state index in [1.165, 1.54) is 12.8 Å². The monoisotopic (exact) mass is 253 g/mol. The van der Waals surface area contributed by atoms with Crippen LogP contribution in [0.2, 0.25) is 0 Å². The predicted octanol–water partition coefficient (Wildman–Crippen LogP) is 0.113. The molecule has 0 bridgehead atoms. The van der Waals surface area contributed by atoms with Gasteiger partial charge in [0.1, 0.15) is 0 Å². The molecule has 0 aromatic rings. The maximum Gasteiger partial charge on any atom is 0.244 e. The van der Waals surface area contributed by atoms with Gasteiger partial charge < -0.3 is 5.32 Å². The third kappa shape index (κ3) is 3.29. The summed E-state index contributed by atoms with van der Waals surface area (Å²) in [6, 6.07) is -0.237. The highest BCUT2D eigenvalue weighted by Crippen LogP contribution is 2.17. The molecule has 0 aliphatic carbocycles. The molecule has 0 spiro atoms. The standard InChI is InChI=1S/C13H23N3O2/c1-2-6-16(9-10-4-3-5-14-8-10)11-7-12(17)15-13(11)18/h10-11,14H,2-9H2,1H3,(H,15,17,18). The van der Waals surface area contributed by atoms with Gasteiger partial charge in [-0.15, -0.1) is 0 Å². The average molecular weight is 253 g/mol. The van der Waals surface area contributed by atoms with Crippen LogP contribution in [0.5, 0.6) is 0 Å². The minimum absolute atomic E-state index is 0.114. The number of rotatable bonds is 5. The number of carbonyl (C=O) groups excluding carboxylic acids is 2. The molecule has 102 valence electrons. The number of amides is 2. The molecule has 2 amide bonds. The van der Waals surface area contributed by atoms with Crippen molar-refractivity contribution in [2.24, 2.45) is 5.92 Å². The lowest BCUT2D eigenvalue weighted by Gasteiger charge is -2.32. The predicted molar refractivity (Wildman–Crippen MR) is 69.0 cm³/mol. The summed E-state index contributed by atoms with van der Waals surface area (Å²) in [6.07, 6.45) is 3.77. The first kappa shape index (κ1) is 13.5. The van der Waals surface area contributed by atoms with Crippen LogP contribution >= 0.6 is 0 Å². The van der Waals surface area contributed by atoms with Gasteiger partial charge in [-0.2, -0.15) is 0 Å². The zero-order valence-corrected chi connectivity index (χ0v) is 11.1. The van der Waals surface area contributed by atoms with E-state index in [4.69, 9.17) is 0 Å². The van der Waals surface area contributed by atoms with E-state index in [9.17, 15) is 9.59 Å². The summed E-state index contributed by atoms with van der Waals surface area (Å²) < 4.78 is 0. The Kier molecular flexibility index (Phi) is 4.72. The zero-order chi connectivity index (χ0) is 13.0. The number of hydrogen-bond donors (Lipinski definition) is 2. The van der Waals surface area contributed by atoms with Crippen molar-refractivity contribution >= 4 is 11.8 Å². The summed E-state index contributed by atoms with van der Waals surface area (Å²) >= 11 is 0. The lowest BCUT2D eigenvalue weighted by Crippen LogP contribution is -2.46. The number of piperidine rings is 1. The molecule has 2 heterocycles. The van der Waals surface area contributed by atoms with Crippen molar-refractivity contribution in [2.45, 2.75) is 38.6 Å². The second-order valence-electron chi connectivity index (χ2n) is 5.34. The Labute approximate surface area is 108 Å². The molecule has 18 heavy (non-hydrogen) atoms. The highest BCUT2D eigenvalue weighted by Gasteiger charge is 2.35. The largest absolute Gasteiger partial charge is 0.316 e. The van der Waals surface area contributed by atoms with Crippen molar-refractivity contribution in [1.82, 2.24) is 15.5 Å². The summed E-state index contributed by atoms with van der Waals surface area (Å²) in [4.78, 5) is 25.2. The SMILES string of the molecule is CCCN(CC1CCCNC1)C1CC(=O)NC1=O. The number of imide groups is 1. The second-order valence-corrected chi connectivity index (χ2v) is 5.34. The number of nitrogens with zero attached hydrogens (tertiary/aromatic N) is 1. The highest BCUT2D eigenvalue weighted by molar-refractivity contribution is 6.05. The fourth-order valence-electron chi connectivity index (χ4n) is 2.91. The Bertz CT molecular complexity index is 313. The van der Waals surface area contributed by atoms with Crippen LogP contribution in [0.15, 0.2) is 0 Å². The van der Waals surface area contributed by atoms with Gasteiger partial charge in [0.25, 0.3) is 0 Å². The first-order valence-corrected chi connectivity index (χ1v) is 6.99. The van der Waals surface area contributed by atoms with E-state index in [2.05, 4.69) is 22.5 Å². The fraction of sp³-hybridized carbons (Fsp3) is 0.846. The van der Waals surface area contributed by atoms with Crippen LogP contribution < -0.4 is 10.6 Å². The molecule has 5 heteroatoms. The normalized spacial score (nSPS) is 28.8. The van der Waals surface area contributed by atoms with Crippen LogP contribution in [0, 0.1) is 5.92 Å². The molecule has 0 aromatic heterocycles. The van der Waals surface area contributed by atoms with E-state index >= 15 is 0 Å². The molecule has 2 atom stereocenters. The summed E-state index contributed by atoms with van der Waals surface area (Å²) in [7, 11) is 0. The number of hydrogen-bond acceptors (Lipinski definition) is 4. The van der Waals surface area contributed by atoms with E-state index in [0.717, 1.165) is 32.6 Å². The van der Waals surface area contributed by atoms with Crippen molar-refractivity contribution in [3.63, 3.8) is 0 Å². The molecule has 0 radical (unpaired) electrons. The molecule has 2 fully saturated rings. The van der Waals surface area contributed by atoms with Crippen LogP contribution in [0.4, 0.5) is 0 Å². The van der Waals surface area contributed by atoms with Gasteiger partial charge in [-0.25, -0.2) is 0 Å². The highest BCUT2D eigenvalue weighted by atomic mass is 16.2. The quantitative estimate of drug-likeness (QED) is 0.683. The van der Waals surface area contributed by atoms with Crippen molar-refractivity contribution in [1.29, 1.82) is 0 Å². The van der Waals surface area contributed by atoms with E-state index in [0.29, 0.717) is 12.3 Å². The molecule has 2 saturated heterocycles. The van der Waals surface area contributed by atoms with Crippen molar-refractivity contribution in [3.8, 4) is 0 Å². The molecule has 2 rings (SSSR count). The first-order chi connectivity index (χ1) is 8.70. The zero-order valence-electron chi connectivity index (χ0n) is 11.1. The lowest BCUT2D eigenvalue weighted by atomic mass is 9.98. The minimum atomic E-state index is -0.237. The minimum Gasteiger partial charge on any atom is -0.316 e. The maximum absolute atomic E-state index is 11.8. The number of carbonyl (C=O) groups is 2. The Morgan fingerprint density at radius 2 is 2.22 bits per heavy atom. The van der Waals surface area contributed by atoms with Crippen molar-refractivity contribution < 1.29 is 9.59 Å². The van der Waals surface area contributed by atoms with E-state index in [-0.39, 0.29) is 17.9 Å². The number of nitrogens with one attached hydrogen (secondary N) is 2.